The molecule has 0 aliphatic carbocycles. The number of ether oxygens (including phenoxy) is 4. The van der Waals surface area contributed by atoms with Gasteiger partial charge in [-0.1, -0.05) is 56.6 Å². The summed E-state index contributed by atoms with van der Waals surface area (Å²) in [6.07, 6.45) is 0.631. The highest BCUT2D eigenvalue weighted by atomic mass is 16.6. The highest BCUT2D eigenvalue weighted by Crippen LogP contribution is 2.33. The van der Waals surface area contributed by atoms with Crippen molar-refractivity contribution in [2.24, 2.45) is 5.92 Å². The van der Waals surface area contributed by atoms with E-state index in [1.54, 1.807) is 19.9 Å². The minimum atomic E-state index is -0.510. The lowest BCUT2D eigenvalue weighted by Crippen LogP contribution is -2.21. The molecule has 0 aliphatic rings. The van der Waals surface area contributed by atoms with Gasteiger partial charge in [-0.05, 0) is 61.6 Å². The molecule has 0 amide bonds. The third kappa shape index (κ3) is 8.31. The lowest BCUT2D eigenvalue weighted by Gasteiger charge is -2.19. The molecule has 0 aliphatic heterocycles. The molecule has 2 aromatic rings. The van der Waals surface area contributed by atoms with Gasteiger partial charge < -0.3 is 18.9 Å². The number of hydrogen-bond acceptors (Lipinski definition) is 6. The van der Waals surface area contributed by atoms with Crippen molar-refractivity contribution in [2.45, 2.75) is 27.2 Å². The standard InChI is InChI=1S/C30H34O6/c1-19(2)22(7)34-17-24(18-35-29(31)20(3)4)15-23-9-11-25(12-10-23)26-13-14-27(28(16-26)33-8)36-30(32)21(5)6/h9-14,16,24H,1,3,5,7,15,17-18H2,2,4,6,8H3. The third-order valence-electron chi connectivity index (χ3n) is 5.29. The van der Waals surface area contributed by atoms with Crippen LogP contribution in [0.1, 0.15) is 26.3 Å². The van der Waals surface area contributed by atoms with Crippen molar-refractivity contribution in [3.63, 3.8) is 0 Å². The monoisotopic (exact) mass is 490 g/mol. The quantitative estimate of drug-likeness (QED) is 0.109. The summed E-state index contributed by atoms with van der Waals surface area (Å²) in [6.45, 7) is 20.5. The molecule has 1 unspecified atom stereocenters. The van der Waals surface area contributed by atoms with E-state index >= 15 is 0 Å². The van der Waals surface area contributed by atoms with E-state index in [1.807, 2.05) is 43.3 Å². The molecule has 2 aromatic carbocycles. The Bertz CT molecular complexity index is 1130. The van der Waals surface area contributed by atoms with E-state index in [1.165, 1.54) is 7.11 Å². The topological polar surface area (TPSA) is 71.1 Å². The second-order valence-electron chi connectivity index (χ2n) is 8.70. The first-order valence-electron chi connectivity index (χ1n) is 11.5. The molecule has 0 spiro atoms. The number of rotatable bonds is 13. The number of allylic oxidation sites excluding steroid dienone is 1. The summed E-state index contributed by atoms with van der Waals surface area (Å²) >= 11 is 0. The SMILES string of the molecule is C=C(C)C(=C)OCC(COC(=O)C(=C)C)Cc1ccc(-c2ccc(OC(=O)C(=C)C)c(OC)c2)cc1. The highest BCUT2D eigenvalue weighted by Gasteiger charge is 2.16. The zero-order valence-corrected chi connectivity index (χ0v) is 21.5. The number of methoxy groups -OCH3 is 1. The minimum absolute atomic E-state index is 0.0855. The molecule has 0 saturated carbocycles. The molecule has 0 fully saturated rings. The van der Waals surface area contributed by atoms with Crippen LogP contribution in [0, 0.1) is 5.92 Å². The Labute approximate surface area is 213 Å². The predicted octanol–water partition coefficient (Wildman–Crippen LogP) is 6.23. The normalized spacial score (nSPS) is 11.1. The third-order valence-corrected chi connectivity index (χ3v) is 5.29. The lowest BCUT2D eigenvalue weighted by molar-refractivity contribution is -0.140. The first-order chi connectivity index (χ1) is 17.0. The van der Waals surface area contributed by atoms with Gasteiger partial charge in [-0.25, -0.2) is 9.59 Å². The van der Waals surface area contributed by atoms with E-state index < -0.39 is 11.9 Å². The molecule has 0 aromatic heterocycles. The Kier molecular flexibility index (Phi) is 10.3. The van der Waals surface area contributed by atoms with Gasteiger partial charge in [0, 0.05) is 17.1 Å². The van der Waals surface area contributed by atoms with Gasteiger partial charge in [-0.3, -0.25) is 0 Å². The predicted molar refractivity (Wildman–Crippen MR) is 142 cm³/mol. The van der Waals surface area contributed by atoms with Crippen LogP contribution in [0.25, 0.3) is 11.1 Å². The molecule has 0 bridgehead atoms. The van der Waals surface area contributed by atoms with E-state index in [0.717, 1.165) is 22.3 Å². The van der Waals surface area contributed by atoms with Gasteiger partial charge in [0.25, 0.3) is 0 Å². The largest absolute Gasteiger partial charge is 0.494 e. The molecule has 2 rings (SSSR count). The minimum Gasteiger partial charge on any atom is -0.494 e. The first-order valence-corrected chi connectivity index (χ1v) is 11.5. The average molecular weight is 491 g/mol. The highest BCUT2D eigenvalue weighted by molar-refractivity contribution is 5.89. The van der Waals surface area contributed by atoms with Gasteiger partial charge in [-0.15, -0.1) is 0 Å². The van der Waals surface area contributed by atoms with Crippen molar-refractivity contribution in [2.75, 3.05) is 20.3 Å². The van der Waals surface area contributed by atoms with Crippen LogP contribution in [0.15, 0.2) is 91.3 Å². The van der Waals surface area contributed by atoms with Crippen LogP contribution in [0.4, 0.5) is 0 Å². The summed E-state index contributed by atoms with van der Waals surface area (Å²) in [5.74, 6) is 0.255. The van der Waals surface area contributed by atoms with E-state index in [0.29, 0.717) is 41.4 Å². The van der Waals surface area contributed by atoms with E-state index in [2.05, 4.69) is 26.3 Å². The number of esters is 2. The van der Waals surface area contributed by atoms with Crippen molar-refractivity contribution in [1.82, 2.24) is 0 Å². The summed E-state index contributed by atoms with van der Waals surface area (Å²) in [5, 5.41) is 0. The molecule has 6 heteroatoms. The van der Waals surface area contributed by atoms with Crippen LogP contribution in [0.2, 0.25) is 0 Å². The van der Waals surface area contributed by atoms with E-state index in [-0.39, 0.29) is 12.5 Å². The zero-order chi connectivity index (χ0) is 26.8. The maximum absolute atomic E-state index is 11.9. The number of carbonyl (C=O) groups is 2. The van der Waals surface area contributed by atoms with Gasteiger partial charge in [0.1, 0.15) is 5.76 Å². The number of benzene rings is 2. The number of carbonyl (C=O) groups excluding carboxylic acids is 2. The molecule has 6 nitrogen and oxygen atoms in total. The zero-order valence-electron chi connectivity index (χ0n) is 21.5. The fourth-order valence-electron chi connectivity index (χ4n) is 3.11. The molecule has 0 saturated heterocycles. The first kappa shape index (κ1) is 28.2. The van der Waals surface area contributed by atoms with Crippen LogP contribution < -0.4 is 9.47 Å². The summed E-state index contributed by atoms with van der Waals surface area (Å²) in [6, 6.07) is 13.4. The van der Waals surface area contributed by atoms with Gasteiger partial charge in [-0.2, -0.15) is 0 Å². The summed E-state index contributed by atoms with van der Waals surface area (Å²) in [5.41, 5.74) is 4.32. The summed E-state index contributed by atoms with van der Waals surface area (Å²) < 4.78 is 21.9. The Morgan fingerprint density at radius 1 is 0.750 bits per heavy atom. The van der Waals surface area contributed by atoms with Crippen LogP contribution in [0.5, 0.6) is 11.5 Å². The van der Waals surface area contributed by atoms with Crippen molar-refractivity contribution >= 4 is 11.9 Å². The van der Waals surface area contributed by atoms with Gasteiger partial charge in [0.2, 0.25) is 0 Å². The fourth-order valence-corrected chi connectivity index (χ4v) is 3.11. The van der Waals surface area contributed by atoms with Crippen LogP contribution in [0.3, 0.4) is 0 Å². The summed E-state index contributed by atoms with van der Waals surface area (Å²) in [4.78, 5) is 23.7. The smallest absolute Gasteiger partial charge is 0.338 e. The number of hydrogen-bond donors (Lipinski definition) is 0. The van der Waals surface area contributed by atoms with Gasteiger partial charge >= 0.3 is 11.9 Å². The van der Waals surface area contributed by atoms with Crippen molar-refractivity contribution in [1.29, 1.82) is 0 Å². The maximum Gasteiger partial charge on any atom is 0.338 e. The van der Waals surface area contributed by atoms with Crippen LogP contribution in [-0.2, 0) is 25.5 Å². The molecule has 190 valence electrons. The van der Waals surface area contributed by atoms with Crippen LogP contribution in [-0.4, -0.2) is 32.3 Å². The van der Waals surface area contributed by atoms with Gasteiger partial charge in [0.15, 0.2) is 11.5 Å². The van der Waals surface area contributed by atoms with Crippen molar-refractivity contribution < 1.29 is 28.5 Å². The van der Waals surface area contributed by atoms with E-state index in [9.17, 15) is 9.59 Å². The molecule has 0 radical (unpaired) electrons. The summed E-state index contributed by atoms with van der Waals surface area (Å²) in [7, 11) is 1.52. The lowest BCUT2D eigenvalue weighted by atomic mass is 9.97. The average Bonchev–Trinajstić information content (AvgIpc) is 2.85. The second-order valence-corrected chi connectivity index (χ2v) is 8.70. The molecule has 36 heavy (non-hydrogen) atoms. The molecular formula is C30H34O6. The molecular weight excluding hydrogens is 456 g/mol. The Balaban J connectivity index is 2.16. The molecule has 1 atom stereocenters. The second kappa shape index (κ2) is 13.1. The fraction of sp³-hybridized carbons (Fsp3) is 0.267. The maximum atomic E-state index is 11.9. The Morgan fingerprint density at radius 2 is 1.33 bits per heavy atom. The van der Waals surface area contributed by atoms with Crippen molar-refractivity contribution in [3.8, 4) is 22.6 Å². The van der Waals surface area contributed by atoms with Crippen molar-refractivity contribution in [3.05, 3.63) is 96.8 Å². The Morgan fingerprint density at radius 3 is 1.89 bits per heavy atom. The molecule has 0 heterocycles. The van der Waals surface area contributed by atoms with Crippen LogP contribution >= 0.6 is 0 Å². The Hall–Kier alpha value is -4.06. The molecule has 0 N–H and O–H groups in total. The van der Waals surface area contributed by atoms with Gasteiger partial charge in [0.05, 0.1) is 20.3 Å². The van der Waals surface area contributed by atoms with E-state index in [4.69, 9.17) is 18.9 Å².